The van der Waals surface area contributed by atoms with E-state index in [-0.39, 0.29) is 22.7 Å². The van der Waals surface area contributed by atoms with Gasteiger partial charge in [0.1, 0.15) is 73.2 Å². The molecular weight excluding hydrogens is 744 g/mol. The van der Waals surface area contributed by atoms with E-state index in [9.17, 15) is 61.0 Å². The van der Waals surface area contributed by atoms with Crippen molar-refractivity contribution in [2.75, 3.05) is 19.8 Å². The maximum atomic E-state index is 14.1. The largest absolute Gasteiger partial charge is 0.432 e. The molecule has 320 valence electrons. The van der Waals surface area contributed by atoms with E-state index >= 15 is 0 Å². The summed E-state index contributed by atoms with van der Waals surface area (Å²) in [5, 5.41) is 114. The third-order valence-electron chi connectivity index (χ3n) is 15.0. The summed E-state index contributed by atoms with van der Waals surface area (Å²) >= 11 is 0. The van der Waals surface area contributed by atoms with Gasteiger partial charge in [-0.15, -0.1) is 0 Å². The maximum Gasteiger partial charge on any atom is 0.314 e. The fraction of sp³-hybridized carbons (Fsp3) is 0.921. The van der Waals surface area contributed by atoms with Gasteiger partial charge in [0.15, 0.2) is 12.6 Å². The van der Waals surface area contributed by atoms with Crippen LogP contribution in [0, 0.1) is 28.1 Å². The second kappa shape index (κ2) is 15.6. The van der Waals surface area contributed by atoms with E-state index in [4.69, 9.17) is 28.4 Å². The Bertz CT molecular complexity index is 1450. The summed E-state index contributed by atoms with van der Waals surface area (Å²) in [6, 6.07) is 0. The summed E-state index contributed by atoms with van der Waals surface area (Å²) < 4.78 is 35.6. The monoisotopic (exact) mass is 804 g/mol. The number of carbonyl (C=O) groups excluding carboxylic acids is 1. The highest BCUT2D eigenvalue weighted by Gasteiger charge is 2.69. The number of hydrogen-bond donors (Lipinski definition) is 11. The zero-order valence-corrected chi connectivity index (χ0v) is 31.8. The molecule has 2 unspecified atom stereocenters. The van der Waals surface area contributed by atoms with Crippen molar-refractivity contribution in [3.63, 3.8) is 0 Å². The molecule has 0 amide bonds. The minimum atomic E-state index is -1.81. The van der Waals surface area contributed by atoms with Crippen LogP contribution in [0.25, 0.3) is 0 Å². The Morgan fingerprint density at radius 3 is 1.82 bits per heavy atom. The standard InChI is InChI=1S/C38H60O18/c1-16-11-37-9-5-20-35(2,7-4-8-36(20,3)34(50)55-32-29(49)26(46)23(43)18(13-40)52-32)21(37)6-10-38(16,15-37)56-33-30(27(47)24(44)19(14-41)53-33)54-31-28(48)25(45)22(42)17(12-39)51-31/h17-33,39-49H,1,4-15H2,2-3H3/t17-,18-,19-,20?,21?,22-,23-,24-,25+,26+,27+,28-,29-,30-,31+,32+,33+,35-,36-,37-,38+/m1/s1. The summed E-state index contributed by atoms with van der Waals surface area (Å²) in [4.78, 5) is 14.1. The molecule has 4 aliphatic carbocycles. The van der Waals surface area contributed by atoms with Crippen LogP contribution in [0.5, 0.6) is 0 Å². The van der Waals surface area contributed by atoms with E-state index in [1.54, 1.807) is 0 Å². The molecule has 1 spiro atoms. The van der Waals surface area contributed by atoms with Crippen molar-refractivity contribution in [1.29, 1.82) is 0 Å². The summed E-state index contributed by atoms with van der Waals surface area (Å²) in [5.41, 5.74) is -1.80. The maximum absolute atomic E-state index is 14.1. The van der Waals surface area contributed by atoms with Crippen LogP contribution >= 0.6 is 0 Å². The van der Waals surface area contributed by atoms with Gasteiger partial charge < -0.3 is 84.6 Å². The fourth-order valence-corrected chi connectivity index (χ4v) is 12.0. The lowest BCUT2D eigenvalue weighted by Gasteiger charge is -2.64. The lowest BCUT2D eigenvalue weighted by molar-refractivity contribution is -0.378. The van der Waals surface area contributed by atoms with E-state index in [2.05, 4.69) is 13.5 Å². The Kier molecular flexibility index (Phi) is 11.9. The number of aliphatic hydroxyl groups is 11. The Morgan fingerprint density at radius 1 is 0.679 bits per heavy atom. The number of esters is 1. The lowest BCUT2D eigenvalue weighted by atomic mass is 9.41. The first-order chi connectivity index (χ1) is 26.4. The van der Waals surface area contributed by atoms with Crippen molar-refractivity contribution in [2.24, 2.45) is 28.1 Å². The molecule has 56 heavy (non-hydrogen) atoms. The quantitative estimate of drug-likeness (QED) is 0.0631. The predicted molar refractivity (Wildman–Crippen MR) is 186 cm³/mol. The van der Waals surface area contributed by atoms with Gasteiger partial charge in [-0.3, -0.25) is 4.79 Å². The minimum Gasteiger partial charge on any atom is -0.432 e. The zero-order valence-electron chi connectivity index (χ0n) is 31.8. The van der Waals surface area contributed by atoms with Gasteiger partial charge in [0.25, 0.3) is 0 Å². The highest BCUT2D eigenvalue weighted by Crippen LogP contribution is 2.73. The van der Waals surface area contributed by atoms with Gasteiger partial charge in [-0.1, -0.05) is 19.9 Å². The van der Waals surface area contributed by atoms with E-state index in [1.807, 2.05) is 6.92 Å². The van der Waals surface area contributed by atoms with E-state index in [0.717, 1.165) is 18.4 Å². The second-order valence-corrected chi connectivity index (χ2v) is 18.0. The molecule has 0 radical (unpaired) electrons. The third kappa shape index (κ3) is 6.69. The highest BCUT2D eigenvalue weighted by atomic mass is 16.8. The Morgan fingerprint density at radius 2 is 1.21 bits per heavy atom. The molecule has 18 nitrogen and oxygen atoms in total. The van der Waals surface area contributed by atoms with Gasteiger partial charge >= 0.3 is 5.97 Å². The molecule has 3 saturated heterocycles. The molecule has 7 rings (SSSR count). The van der Waals surface area contributed by atoms with Crippen LogP contribution in [0.3, 0.4) is 0 Å². The Balaban J connectivity index is 1.10. The van der Waals surface area contributed by atoms with Gasteiger partial charge in [-0.2, -0.15) is 0 Å². The first kappa shape index (κ1) is 42.7. The molecule has 3 heterocycles. The number of carbonyl (C=O) groups is 1. The van der Waals surface area contributed by atoms with E-state index < -0.39 is 129 Å². The first-order valence-electron chi connectivity index (χ1n) is 19.9. The minimum absolute atomic E-state index is 0.121. The molecule has 0 aromatic carbocycles. The molecule has 4 saturated carbocycles. The molecule has 11 N–H and O–H groups in total. The van der Waals surface area contributed by atoms with Crippen molar-refractivity contribution >= 4 is 5.97 Å². The molecule has 21 atom stereocenters. The summed E-state index contributed by atoms with van der Waals surface area (Å²) in [5.74, 6) is -0.591. The van der Waals surface area contributed by atoms with Gasteiger partial charge in [-0.05, 0) is 86.5 Å². The SMILES string of the molecule is C=C1C[C@@]23CCC4[C@@](C)(CCC[C@@]4(C)C(=O)O[C@@H]4O[C@H](CO)[C@@H](O)[C@H](O)[C@H]4O)C2CC[C@]1(O[C@@H]1O[C@H](CO)[C@@H](O)[C@H](O)[C@H]1O[C@@H]1O[C@H](CO)[C@@H](O)[C@H](O)[C@H]1O)C3. The van der Waals surface area contributed by atoms with Crippen LogP contribution in [0.1, 0.15) is 71.6 Å². The smallest absolute Gasteiger partial charge is 0.314 e. The van der Waals surface area contributed by atoms with Crippen LogP contribution < -0.4 is 0 Å². The van der Waals surface area contributed by atoms with Crippen molar-refractivity contribution in [2.45, 2.75) is 169 Å². The van der Waals surface area contributed by atoms with Crippen molar-refractivity contribution in [1.82, 2.24) is 0 Å². The molecule has 18 heteroatoms. The average Bonchev–Trinajstić information content (AvgIpc) is 3.37. The molecule has 3 aliphatic heterocycles. The lowest BCUT2D eigenvalue weighted by Crippen LogP contribution is -2.65. The molecular formula is C38H60O18. The highest BCUT2D eigenvalue weighted by molar-refractivity contribution is 5.77. The van der Waals surface area contributed by atoms with Crippen LogP contribution in [-0.4, -0.2) is 180 Å². The summed E-state index contributed by atoms with van der Waals surface area (Å²) in [7, 11) is 0. The third-order valence-corrected chi connectivity index (χ3v) is 15.0. The Labute approximate surface area is 324 Å². The molecule has 7 aliphatic rings. The average molecular weight is 805 g/mol. The number of ether oxygens (including phenoxy) is 6. The van der Waals surface area contributed by atoms with Gasteiger partial charge in [0, 0.05) is 0 Å². The first-order valence-corrected chi connectivity index (χ1v) is 19.9. The molecule has 0 aromatic rings. The van der Waals surface area contributed by atoms with Crippen molar-refractivity contribution in [3.05, 3.63) is 12.2 Å². The van der Waals surface area contributed by atoms with Crippen molar-refractivity contribution < 1.29 is 89.4 Å². The van der Waals surface area contributed by atoms with Gasteiger partial charge in [0.2, 0.25) is 6.29 Å². The number of rotatable bonds is 9. The predicted octanol–water partition coefficient (Wildman–Crippen LogP) is -2.94. The van der Waals surface area contributed by atoms with Gasteiger partial charge in [-0.25, -0.2) is 0 Å². The van der Waals surface area contributed by atoms with Crippen LogP contribution in [0.4, 0.5) is 0 Å². The van der Waals surface area contributed by atoms with Crippen LogP contribution in [0.2, 0.25) is 0 Å². The summed E-state index contributed by atoms with van der Waals surface area (Å²) in [6.07, 6.45) is -17.8. The van der Waals surface area contributed by atoms with Gasteiger partial charge in [0.05, 0.1) is 30.8 Å². The number of hydrogen-bond acceptors (Lipinski definition) is 18. The second-order valence-electron chi connectivity index (χ2n) is 18.0. The van der Waals surface area contributed by atoms with Crippen LogP contribution in [-0.2, 0) is 33.2 Å². The van der Waals surface area contributed by atoms with E-state index in [0.29, 0.717) is 44.9 Å². The normalized spacial score (nSPS) is 54.6. The summed E-state index contributed by atoms with van der Waals surface area (Å²) in [6.45, 7) is 6.52. The topological polar surface area (TPSA) is 295 Å². The van der Waals surface area contributed by atoms with Crippen molar-refractivity contribution in [3.8, 4) is 0 Å². The number of aliphatic hydroxyl groups excluding tert-OH is 11. The molecule has 0 aromatic heterocycles. The van der Waals surface area contributed by atoms with Crippen LogP contribution in [0.15, 0.2) is 12.2 Å². The Hall–Kier alpha value is -1.43. The molecule has 2 bridgehead atoms. The zero-order chi connectivity index (χ0) is 40.7. The van der Waals surface area contributed by atoms with E-state index in [1.165, 1.54) is 0 Å². The molecule has 7 fully saturated rings. The fourth-order valence-electron chi connectivity index (χ4n) is 12.0. The number of fused-ring (bicyclic) bond motifs is 3.